The number of nitrogens with zero attached hydrogens (tertiary/aromatic N) is 3. The van der Waals surface area contributed by atoms with Gasteiger partial charge in [0.2, 0.25) is 5.89 Å². The Bertz CT molecular complexity index is 599. The molecule has 8 heteroatoms. The monoisotopic (exact) mass is 326 g/mol. The van der Waals surface area contributed by atoms with Crippen molar-refractivity contribution < 1.29 is 9.45 Å². The number of nitro groups is 1. The summed E-state index contributed by atoms with van der Waals surface area (Å²) in [5, 5.41) is 17.6. The summed E-state index contributed by atoms with van der Waals surface area (Å²) in [6.45, 7) is 2.44. The van der Waals surface area contributed by atoms with Crippen molar-refractivity contribution in [2.75, 3.05) is 0 Å². The van der Waals surface area contributed by atoms with Gasteiger partial charge in [0.05, 0.1) is 11.5 Å². The number of hydrogen-bond donors (Lipinski definition) is 1. The fraction of sp³-hybridized carbons (Fsp3) is 0.273. The van der Waals surface area contributed by atoms with Crippen LogP contribution in [0.3, 0.4) is 0 Å². The number of nitrogens with one attached hydrogen (secondary N) is 1. The average Bonchev–Trinajstić information content (AvgIpc) is 2.75. The van der Waals surface area contributed by atoms with E-state index in [9.17, 15) is 10.1 Å². The van der Waals surface area contributed by atoms with Crippen LogP contribution in [0.4, 0.5) is 5.69 Å². The number of aryl methyl sites for hydroxylation is 1. The van der Waals surface area contributed by atoms with Gasteiger partial charge >= 0.3 is 0 Å². The highest BCUT2D eigenvalue weighted by Gasteiger charge is 2.13. The lowest BCUT2D eigenvalue weighted by Gasteiger charge is -2.04. The summed E-state index contributed by atoms with van der Waals surface area (Å²) in [6.07, 6.45) is 0. The smallest absolute Gasteiger partial charge is 0.273 e. The van der Waals surface area contributed by atoms with E-state index in [4.69, 9.17) is 4.52 Å². The first-order valence-corrected chi connectivity index (χ1v) is 6.28. The third kappa shape index (κ3) is 3.58. The molecule has 0 aliphatic carbocycles. The van der Waals surface area contributed by atoms with Crippen LogP contribution in [0.5, 0.6) is 0 Å². The molecule has 100 valence electrons. The van der Waals surface area contributed by atoms with Crippen LogP contribution in [0.25, 0.3) is 0 Å². The van der Waals surface area contributed by atoms with Crippen LogP contribution in [-0.2, 0) is 13.1 Å². The number of rotatable bonds is 5. The van der Waals surface area contributed by atoms with E-state index in [1.165, 1.54) is 6.07 Å². The zero-order chi connectivity index (χ0) is 13.8. The molecule has 0 aliphatic heterocycles. The Labute approximate surface area is 117 Å². The molecule has 0 aliphatic rings. The SMILES string of the molecule is Cc1noc(CNCc2cc(Br)ccc2[N+](=O)[O-])n1. The molecule has 0 amide bonds. The lowest BCUT2D eigenvalue weighted by Crippen LogP contribution is -2.14. The van der Waals surface area contributed by atoms with Crippen molar-refractivity contribution in [1.29, 1.82) is 0 Å². The molecule has 0 unspecified atom stereocenters. The maximum atomic E-state index is 10.9. The fourth-order valence-electron chi connectivity index (χ4n) is 1.59. The molecule has 1 aromatic carbocycles. The van der Waals surface area contributed by atoms with Gasteiger partial charge in [-0.2, -0.15) is 4.98 Å². The van der Waals surface area contributed by atoms with Crippen molar-refractivity contribution in [2.24, 2.45) is 0 Å². The van der Waals surface area contributed by atoms with Gasteiger partial charge in [0, 0.05) is 22.6 Å². The predicted molar refractivity (Wildman–Crippen MR) is 70.4 cm³/mol. The molecule has 0 atom stereocenters. The molecule has 2 aromatic rings. The number of hydrogen-bond acceptors (Lipinski definition) is 6. The van der Waals surface area contributed by atoms with Gasteiger partial charge in [-0.3, -0.25) is 10.1 Å². The topological polar surface area (TPSA) is 94.1 Å². The van der Waals surface area contributed by atoms with E-state index in [-0.39, 0.29) is 5.69 Å². The van der Waals surface area contributed by atoms with Crippen LogP contribution >= 0.6 is 15.9 Å². The van der Waals surface area contributed by atoms with E-state index in [2.05, 4.69) is 31.4 Å². The highest BCUT2D eigenvalue weighted by atomic mass is 79.9. The van der Waals surface area contributed by atoms with Crippen molar-refractivity contribution in [3.05, 3.63) is 50.1 Å². The van der Waals surface area contributed by atoms with E-state index >= 15 is 0 Å². The van der Waals surface area contributed by atoms with Gasteiger partial charge in [-0.15, -0.1) is 0 Å². The summed E-state index contributed by atoms with van der Waals surface area (Å²) in [5.74, 6) is 1.01. The minimum absolute atomic E-state index is 0.0809. The minimum Gasteiger partial charge on any atom is -0.338 e. The Morgan fingerprint density at radius 1 is 1.47 bits per heavy atom. The van der Waals surface area contributed by atoms with Gasteiger partial charge in [-0.05, 0) is 19.1 Å². The highest BCUT2D eigenvalue weighted by Crippen LogP contribution is 2.22. The second kappa shape index (κ2) is 5.89. The first-order valence-electron chi connectivity index (χ1n) is 5.49. The number of halogens is 1. The third-order valence-electron chi connectivity index (χ3n) is 2.40. The van der Waals surface area contributed by atoms with Crippen LogP contribution in [0.15, 0.2) is 27.2 Å². The molecule has 1 heterocycles. The van der Waals surface area contributed by atoms with Crippen LogP contribution in [-0.4, -0.2) is 15.1 Å². The summed E-state index contributed by atoms with van der Waals surface area (Å²) in [6, 6.07) is 4.82. The van der Waals surface area contributed by atoms with Crippen molar-refractivity contribution in [1.82, 2.24) is 15.5 Å². The van der Waals surface area contributed by atoms with Crippen LogP contribution in [0.1, 0.15) is 17.3 Å². The van der Waals surface area contributed by atoms with E-state index in [1.807, 2.05) is 0 Å². The second-order valence-corrected chi connectivity index (χ2v) is 4.78. The second-order valence-electron chi connectivity index (χ2n) is 3.87. The Balaban J connectivity index is 2.02. The summed E-state index contributed by atoms with van der Waals surface area (Å²) < 4.78 is 5.73. The normalized spacial score (nSPS) is 10.6. The average molecular weight is 327 g/mol. The molecule has 2 rings (SSSR count). The molecule has 19 heavy (non-hydrogen) atoms. The van der Waals surface area contributed by atoms with Gasteiger partial charge in [0.15, 0.2) is 5.82 Å². The van der Waals surface area contributed by atoms with Crippen LogP contribution in [0, 0.1) is 17.0 Å². The zero-order valence-electron chi connectivity index (χ0n) is 10.1. The van der Waals surface area contributed by atoms with Crippen LogP contribution in [0.2, 0.25) is 0 Å². The first-order chi connectivity index (χ1) is 9.06. The number of nitro benzene ring substituents is 1. The van der Waals surface area contributed by atoms with Crippen molar-refractivity contribution >= 4 is 21.6 Å². The van der Waals surface area contributed by atoms with Crippen molar-refractivity contribution in [3.63, 3.8) is 0 Å². The first kappa shape index (κ1) is 13.6. The van der Waals surface area contributed by atoms with E-state index in [0.29, 0.717) is 30.4 Å². The van der Waals surface area contributed by atoms with E-state index in [1.54, 1.807) is 19.1 Å². The van der Waals surface area contributed by atoms with E-state index in [0.717, 1.165) is 4.47 Å². The zero-order valence-corrected chi connectivity index (χ0v) is 11.7. The van der Waals surface area contributed by atoms with E-state index < -0.39 is 4.92 Å². The molecule has 1 aromatic heterocycles. The van der Waals surface area contributed by atoms with Gasteiger partial charge in [-0.1, -0.05) is 21.1 Å². The lowest BCUT2D eigenvalue weighted by atomic mass is 10.2. The molecule has 0 saturated heterocycles. The third-order valence-corrected chi connectivity index (χ3v) is 2.89. The molecule has 0 spiro atoms. The molecule has 0 radical (unpaired) electrons. The Hall–Kier alpha value is -1.80. The highest BCUT2D eigenvalue weighted by molar-refractivity contribution is 9.10. The summed E-state index contributed by atoms with van der Waals surface area (Å²) >= 11 is 3.29. The maximum absolute atomic E-state index is 10.9. The largest absolute Gasteiger partial charge is 0.338 e. The molecule has 1 N–H and O–H groups in total. The molecular weight excluding hydrogens is 316 g/mol. The Morgan fingerprint density at radius 3 is 2.89 bits per heavy atom. The van der Waals surface area contributed by atoms with Gasteiger partial charge in [0.25, 0.3) is 5.69 Å². The van der Waals surface area contributed by atoms with Crippen molar-refractivity contribution in [3.8, 4) is 0 Å². The molecule has 0 bridgehead atoms. The Morgan fingerprint density at radius 2 is 2.26 bits per heavy atom. The molecular formula is C11H11BrN4O3. The van der Waals surface area contributed by atoms with Gasteiger partial charge in [0.1, 0.15) is 0 Å². The Kier molecular flexibility index (Phi) is 4.23. The van der Waals surface area contributed by atoms with Gasteiger partial charge < -0.3 is 9.84 Å². The predicted octanol–water partition coefficient (Wildman–Crippen LogP) is 2.34. The molecule has 7 nitrogen and oxygen atoms in total. The molecule has 0 fully saturated rings. The fourth-order valence-corrected chi connectivity index (χ4v) is 2.00. The minimum atomic E-state index is -0.402. The standard InChI is InChI=1S/C11H11BrN4O3/c1-7-14-11(19-15-7)6-13-5-8-4-9(12)2-3-10(8)16(17)18/h2-4,13H,5-6H2,1H3. The maximum Gasteiger partial charge on any atom is 0.273 e. The summed E-state index contributed by atoms with van der Waals surface area (Å²) in [4.78, 5) is 14.5. The summed E-state index contributed by atoms with van der Waals surface area (Å²) in [7, 11) is 0. The molecule has 0 saturated carbocycles. The van der Waals surface area contributed by atoms with Crippen molar-refractivity contribution in [2.45, 2.75) is 20.0 Å². The summed E-state index contributed by atoms with van der Waals surface area (Å²) in [5.41, 5.74) is 0.674. The van der Waals surface area contributed by atoms with Crippen LogP contribution < -0.4 is 5.32 Å². The van der Waals surface area contributed by atoms with Gasteiger partial charge in [-0.25, -0.2) is 0 Å². The number of aromatic nitrogens is 2. The number of benzene rings is 1. The lowest BCUT2D eigenvalue weighted by molar-refractivity contribution is -0.385. The quantitative estimate of drug-likeness (QED) is 0.669.